The van der Waals surface area contributed by atoms with Crippen LogP contribution in [0.5, 0.6) is 0 Å². The first kappa shape index (κ1) is 19.6. The second-order valence-electron chi connectivity index (χ2n) is 8.46. The van der Waals surface area contributed by atoms with Crippen molar-refractivity contribution in [2.24, 2.45) is 0 Å². The van der Waals surface area contributed by atoms with Crippen molar-refractivity contribution in [3.05, 3.63) is 45.3 Å². The standard InChI is InChI=1S/C23H32N2O3/c1-17-6-7-20-19(14-21(26)28-22(20)18(17)2)15-24-16-23(8-4-3-5-9-23)25-10-12-27-13-11-25/h6-7,14,24H,3-5,8-13,15-16H2,1-2H3. The van der Waals surface area contributed by atoms with Gasteiger partial charge in [0.2, 0.25) is 0 Å². The molecule has 5 nitrogen and oxygen atoms in total. The summed E-state index contributed by atoms with van der Waals surface area (Å²) in [4.78, 5) is 14.8. The van der Waals surface area contributed by atoms with E-state index in [0.717, 1.165) is 60.5 Å². The number of ether oxygens (including phenoxy) is 1. The third kappa shape index (κ3) is 3.88. The fourth-order valence-corrected chi connectivity index (χ4v) is 4.95. The summed E-state index contributed by atoms with van der Waals surface area (Å²) in [5, 5.41) is 4.74. The number of fused-ring (bicyclic) bond motifs is 1. The molecule has 152 valence electrons. The predicted octanol–water partition coefficient (Wildman–Crippen LogP) is 3.53. The number of aryl methyl sites for hydroxylation is 2. The monoisotopic (exact) mass is 384 g/mol. The van der Waals surface area contributed by atoms with Crippen LogP contribution >= 0.6 is 0 Å². The van der Waals surface area contributed by atoms with Crippen LogP contribution in [0.25, 0.3) is 11.0 Å². The molecule has 1 aromatic carbocycles. The molecule has 0 unspecified atom stereocenters. The van der Waals surface area contributed by atoms with Crippen LogP contribution in [0.15, 0.2) is 27.4 Å². The molecule has 1 saturated carbocycles. The van der Waals surface area contributed by atoms with E-state index >= 15 is 0 Å². The van der Waals surface area contributed by atoms with E-state index in [4.69, 9.17) is 9.15 Å². The van der Waals surface area contributed by atoms with E-state index < -0.39 is 0 Å². The molecule has 2 aliphatic rings. The first-order chi connectivity index (χ1) is 13.6. The smallest absolute Gasteiger partial charge is 0.336 e. The van der Waals surface area contributed by atoms with Gasteiger partial charge in [0.05, 0.1) is 13.2 Å². The van der Waals surface area contributed by atoms with Gasteiger partial charge in [0.25, 0.3) is 0 Å². The summed E-state index contributed by atoms with van der Waals surface area (Å²) in [6.45, 7) is 9.45. The molecule has 1 saturated heterocycles. The van der Waals surface area contributed by atoms with Gasteiger partial charge in [-0.25, -0.2) is 4.79 Å². The second kappa shape index (κ2) is 8.36. The third-order valence-corrected chi connectivity index (χ3v) is 6.75. The van der Waals surface area contributed by atoms with Crippen LogP contribution in [-0.4, -0.2) is 43.3 Å². The molecule has 2 aromatic rings. The highest BCUT2D eigenvalue weighted by molar-refractivity contribution is 5.83. The quantitative estimate of drug-likeness (QED) is 0.799. The molecule has 0 spiro atoms. The first-order valence-corrected chi connectivity index (χ1v) is 10.7. The minimum absolute atomic E-state index is 0.226. The molecule has 0 radical (unpaired) electrons. The van der Waals surface area contributed by atoms with E-state index in [1.54, 1.807) is 6.07 Å². The van der Waals surface area contributed by atoms with Gasteiger partial charge in [-0.05, 0) is 43.4 Å². The van der Waals surface area contributed by atoms with Gasteiger partial charge in [-0.15, -0.1) is 0 Å². The summed E-state index contributed by atoms with van der Waals surface area (Å²) in [6, 6.07) is 5.83. The van der Waals surface area contributed by atoms with Crippen molar-refractivity contribution in [3.8, 4) is 0 Å². The van der Waals surface area contributed by atoms with Gasteiger partial charge >= 0.3 is 5.63 Å². The van der Waals surface area contributed by atoms with Crippen molar-refractivity contribution in [2.75, 3.05) is 32.8 Å². The van der Waals surface area contributed by atoms with Crippen LogP contribution in [0.1, 0.15) is 48.8 Å². The van der Waals surface area contributed by atoms with E-state index in [2.05, 4.69) is 29.3 Å². The Hall–Kier alpha value is -1.69. The maximum absolute atomic E-state index is 12.1. The summed E-state index contributed by atoms with van der Waals surface area (Å²) in [5.41, 5.74) is 3.91. The second-order valence-corrected chi connectivity index (χ2v) is 8.46. The predicted molar refractivity (Wildman–Crippen MR) is 112 cm³/mol. The lowest BCUT2D eigenvalue weighted by atomic mass is 9.79. The zero-order valence-electron chi connectivity index (χ0n) is 17.2. The van der Waals surface area contributed by atoms with Crippen LogP contribution < -0.4 is 10.9 Å². The molecular formula is C23H32N2O3. The summed E-state index contributed by atoms with van der Waals surface area (Å²) in [5.74, 6) is 0. The van der Waals surface area contributed by atoms with Crippen molar-refractivity contribution >= 4 is 11.0 Å². The van der Waals surface area contributed by atoms with Crippen molar-refractivity contribution in [3.63, 3.8) is 0 Å². The van der Waals surface area contributed by atoms with E-state index in [1.165, 1.54) is 32.1 Å². The Labute approximate surface area is 167 Å². The molecule has 28 heavy (non-hydrogen) atoms. The van der Waals surface area contributed by atoms with E-state index in [9.17, 15) is 4.79 Å². The van der Waals surface area contributed by atoms with E-state index in [-0.39, 0.29) is 11.2 Å². The van der Waals surface area contributed by atoms with Crippen molar-refractivity contribution in [1.82, 2.24) is 10.2 Å². The highest BCUT2D eigenvalue weighted by Crippen LogP contribution is 2.34. The molecule has 1 aromatic heterocycles. The van der Waals surface area contributed by atoms with Gasteiger partial charge in [0.1, 0.15) is 5.58 Å². The lowest BCUT2D eigenvalue weighted by Crippen LogP contribution is -2.59. The number of nitrogens with one attached hydrogen (secondary N) is 1. The van der Waals surface area contributed by atoms with E-state index in [0.29, 0.717) is 6.54 Å². The maximum Gasteiger partial charge on any atom is 0.336 e. The van der Waals surface area contributed by atoms with E-state index in [1.807, 2.05) is 6.92 Å². The molecule has 1 aliphatic carbocycles. The number of hydrogen-bond acceptors (Lipinski definition) is 5. The number of benzene rings is 1. The number of rotatable bonds is 5. The van der Waals surface area contributed by atoms with Gasteiger partial charge in [0.15, 0.2) is 0 Å². The Morgan fingerprint density at radius 3 is 2.61 bits per heavy atom. The molecule has 0 amide bonds. The third-order valence-electron chi connectivity index (χ3n) is 6.75. The fourth-order valence-electron chi connectivity index (χ4n) is 4.95. The maximum atomic E-state index is 12.1. The Morgan fingerprint density at radius 2 is 1.86 bits per heavy atom. The molecule has 0 atom stereocenters. The summed E-state index contributed by atoms with van der Waals surface area (Å²) < 4.78 is 11.1. The molecule has 2 heterocycles. The summed E-state index contributed by atoms with van der Waals surface area (Å²) in [7, 11) is 0. The Balaban J connectivity index is 1.53. The van der Waals surface area contributed by atoms with Gasteiger partial charge in [0, 0.05) is 43.2 Å². The van der Waals surface area contributed by atoms with Crippen LogP contribution in [0, 0.1) is 13.8 Å². The SMILES string of the molecule is Cc1ccc2c(CNCC3(N4CCOCC4)CCCCC3)cc(=O)oc2c1C. The number of nitrogens with zero attached hydrogens (tertiary/aromatic N) is 1. The Morgan fingerprint density at radius 1 is 1.11 bits per heavy atom. The zero-order valence-corrected chi connectivity index (χ0v) is 17.2. The highest BCUT2D eigenvalue weighted by Gasteiger charge is 2.38. The molecule has 2 fully saturated rings. The minimum atomic E-state index is -0.265. The topological polar surface area (TPSA) is 54.7 Å². The fraction of sp³-hybridized carbons (Fsp3) is 0.609. The molecule has 0 bridgehead atoms. The van der Waals surface area contributed by atoms with Crippen LogP contribution in [0.2, 0.25) is 0 Å². The average Bonchev–Trinajstić information content (AvgIpc) is 2.72. The number of morpholine rings is 1. The number of hydrogen-bond donors (Lipinski definition) is 1. The van der Waals surface area contributed by atoms with Gasteiger partial charge < -0.3 is 14.5 Å². The highest BCUT2D eigenvalue weighted by atomic mass is 16.5. The normalized spacial score (nSPS) is 20.5. The van der Waals surface area contributed by atoms with Crippen LogP contribution in [-0.2, 0) is 11.3 Å². The minimum Gasteiger partial charge on any atom is -0.422 e. The van der Waals surface area contributed by atoms with Crippen LogP contribution in [0.3, 0.4) is 0 Å². The lowest BCUT2D eigenvalue weighted by Gasteiger charge is -2.48. The van der Waals surface area contributed by atoms with Gasteiger partial charge in [-0.1, -0.05) is 31.4 Å². The largest absolute Gasteiger partial charge is 0.422 e. The van der Waals surface area contributed by atoms with Gasteiger partial charge in [-0.2, -0.15) is 0 Å². The molecule has 1 aliphatic heterocycles. The molecular weight excluding hydrogens is 352 g/mol. The molecule has 5 heteroatoms. The van der Waals surface area contributed by atoms with Crippen molar-refractivity contribution < 1.29 is 9.15 Å². The van der Waals surface area contributed by atoms with Gasteiger partial charge in [-0.3, -0.25) is 4.90 Å². The zero-order chi connectivity index (χ0) is 19.6. The van der Waals surface area contributed by atoms with Crippen molar-refractivity contribution in [1.29, 1.82) is 0 Å². The molecule has 1 N–H and O–H groups in total. The van der Waals surface area contributed by atoms with Crippen LogP contribution in [0.4, 0.5) is 0 Å². The summed E-state index contributed by atoms with van der Waals surface area (Å²) in [6.07, 6.45) is 6.44. The lowest BCUT2D eigenvalue weighted by molar-refractivity contribution is -0.0369. The first-order valence-electron chi connectivity index (χ1n) is 10.7. The summed E-state index contributed by atoms with van der Waals surface area (Å²) >= 11 is 0. The Kier molecular flexibility index (Phi) is 5.85. The van der Waals surface area contributed by atoms with Crippen molar-refractivity contribution in [2.45, 2.75) is 58.0 Å². The average molecular weight is 385 g/mol. The molecule has 4 rings (SSSR count). The Bertz CT molecular complexity index is 877.